The summed E-state index contributed by atoms with van der Waals surface area (Å²) in [6.45, 7) is 8.29. The van der Waals surface area contributed by atoms with Crippen LogP contribution in [0.15, 0.2) is 0 Å². The van der Waals surface area contributed by atoms with E-state index in [1.54, 1.807) is 0 Å². The van der Waals surface area contributed by atoms with Gasteiger partial charge in [0.05, 0.1) is 0 Å². The van der Waals surface area contributed by atoms with E-state index in [4.69, 9.17) is 11.6 Å². The lowest BCUT2D eigenvalue weighted by Crippen LogP contribution is -2.33. The predicted octanol–water partition coefficient (Wildman–Crippen LogP) is 2.37. The van der Waals surface area contributed by atoms with Crippen LogP contribution in [-0.2, 0) is 4.79 Å². The number of rotatable bonds is 2. The molecule has 4 atom stereocenters. The fourth-order valence-electron chi connectivity index (χ4n) is 2.45. The van der Waals surface area contributed by atoms with Crippen molar-refractivity contribution in [2.75, 3.05) is 19.0 Å². The molecule has 0 N–H and O–H groups in total. The number of likely N-dealkylation sites (tertiary alicyclic amines) is 1. The third-order valence-corrected chi connectivity index (χ3v) is 4.89. The number of nitrogens with zero attached hydrogens (tertiary/aromatic N) is 1. The zero-order valence-electron chi connectivity index (χ0n) is 9.79. The normalized spacial score (nSPS) is 44.5. The van der Waals surface area contributed by atoms with Crippen LogP contribution in [0.1, 0.15) is 27.2 Å². The van der Waals surface area contributed by atoms with Gasteiger partial charge in [-0.05, 0) is 18.3 Å². The SMILES string of the molecule is CC1CC1C(=O)N1CC(C)C(C)(CCl)C1. The van der Waals surface area contributed by atoms with Crippen molar-refractivity contribution >= 4 is 17.5 Å². The summed E-state index contributed by atoms with van der Waals surface area (Å²) in [5.41, 5.74) is 0.120. The first-order chi connectivity index (χ1) is 6.98. The topological polar surface area (TPSA) is 20.3 Å². The third-order valence-electron chi connectivity index (χ3n) is 4.28. The molecule has 1 heterocycles. The van der Waals surface area contributed by atoms with E-state index in [1.165, 1.54) is 0 Å². The monoisotopic (exact) mass is 229 g/mol. The summed E-state index contributed by atoms with van der Waals surface area (Å²) in [4.78, 5) is 14.1. The summed E-state index contributed by atoms with van der Waals surface area (Å²) in [5.74, 6) is 2.46. The van der Waals surface area contributed by atoms with Crippen molar-refractivity contribution in [1.82, 2.24) is 4.90 Å². The van der Waals surface area contributed by atoms with Gasteiger partial charge in [0.2, 0.25) is 5.91 Å². The summed E-state index contributed by atoms with van der Waals surface area (Å²) in [5, 5.41) is 0. The first kappa shape index (κ1) is 11.3. The molecule has 4 unspecified atom stereocenters. The fraction of sp³-hybridized carbons (Fsp3) is 0.917. The summed E-state index contributed by atoms with van der Waals surface area (Å²) in [6, 6.07) is 0. The summed E-state index contributed by atoms with van der Waals surface area (Å²) < 4.78 is 0. The second-order valence-corrected chi connectivity index (χ2v) is 5.99. The predicted molar refractivity (Wildman–Crippen MR) is 61.8 cm³/mol. The smallest absolute Gasteiger partial charge is 0.225 e. The summed E-state index contributed by atoms with van der Waals surface area (Å²) >= 11 is 6.00. The molecule has 2 aliphatic rings. The highest BCUT2D eigenvalue weighted by Gasteiger charge is 2.47. The Morgan fingerprint density at radius 1 is 1.53 bits per heavy atom. The first-order valence-corrected chi connectivity index (χ1v) is 6.36. The molecule has 0 radical (unpaired) electrons. The Morgan fingerprint density at radius 3 is 2.53 bits per heavy atom. The number of halogens is 1. The molecule has 0 spiro atoms. The molecule has 0 bridgehead atoms. The molecule has 0 aromatic carbocycles. The van der Waals surface area contributed by atoms with E-state index in [9.17, 15) is 4.79 Å². The van der Waals surface area contributed by atoms with Gasteiger partial charge >= 0.3 is 0 Å². The second-order valence-electron chi connectivity index (χ2n) is 5.73. The van der Waals surface area contributed by atoms with Gasteiger partial charge in [-0.1, -0.05) is 20.8 Å². The van der Waals surface area contributed by atoms with Crippen LogP contribution in [0.5, 0.6) is 0 Å². The van der Waals surface area contributed by atoms with E-state index < -0.39 is 0 Å². The van der Waals surface area contributed by atoms with E-state index in [-0.39, 0.29) is 5.41 Å². The molecule has 1 saturated carbocycles. The lowest BCUT2D eigenvalue weighted by Gasteiger charge is -2.25. The number of alkyl halides is 1. The van der Waals surface area contributed by atoms with Gasteiger partial charge in [0.15, 0.2) is 0 Å². The lowest BCUT2D eigenvalue weighted by atomic mass is 9.83. The Bertz CT molecular complexity index is 281. The Morgan fingerprint density at radius 2 is 2.13 bits per heavy atom. The van der Waals surface area contributed by atoms with Crippen molar-refractivity contribution in [2.24, 2.45) is 23.2 Å². The van der Waals surface area contributed by atoms with E-state index >= 15 is 0 Å². The van der Waals surface area contributed by atoms with E-state index in [1.807, 2.05) is 4.90 Å². The molecule has 2 nitrogen and oxygen atoms in total. The average molecular weight is 230 g/mol. The third kappa shape index (κ3) is 1.89. The van der Waals surface area contributed by atoms with Crippen molar-refractivity contribution in [1.29, 1.82) is 0 Å². The number of hydrogen-bond acceptors (Lipinski definition) is 1. The molecular weight excluding hydrogens is 210 g/mol. The molecule has 0 aromatic heterocycles. The minimum atomic E-state index is 0.120. The highest BCUT2D eigenvalue weighted by Crippen LogP contribution is 2.43. The number of carbonyl (C=O) groups is 1. The van der Waals surface area contributed by atoms with Crippen molar-refractivity contribution < 1.29 is 4.79 Å². The van der Waals surface area contributed by atoms with E-state index in [2.05, 4.69) is 20.8 Å². The van der Waals surface area contributed by atoms with Crippen LogP contribution in [-0.4, -0.2) is 29.8 Å². The Balaban J connectivity index is 2.00. The molecule has 1 aliphatic carbocycles. The first-order valence-electron chi connectivity index (χ1n) is 5.82. The largest absolute Gasteiger partial charge is 0.342 e. The Labute approximate surface area is 97.0 Å². The standard InChI is InChI=1S/C12H20ClNO/c1-8-4-10(8)11(15)14-5-9(2)12(3,6-13)7-14/h8-10H,4-7H2,1-3H3. The minimum absolute atomic E-state index is 0.120. The molecule has 15 heavy (non-hydrogen) atoms. The van der Waals surface area contributed by atoms with Crippen LogP contribution in [0.25, 0.3) is 0 Å². The van der Waals surface area contributed by atoms with Crippen LogP contribution < -0.4 is 0 Å². The second kappa shape index (κ2) is 3.65. The highest BCUT2D eigenvalue weighted by molar-refractivity contribution is 6.18. The fourth-order valence-corrected chi connectivity index (χ4v) is 2.80. The van der Waals surface area contributed by atoms with Crippen molar-refractivity contribution in [3.63, 3.8) is 0 Å². The number of amides is 1. The number of carbonyl (C=O) groups excluding carboxylic acids is 1. The molecule has 0 aromatic rings. The van der Waals surface area contributed by atoms with Gasteiger partial charge in [-0.3, -0.25) is 4.79 Å². The maximum Gasteiger partial charge on any atom is 0.225 e. The van der Waals surface area contributed by atoms with Gasteiger partial charge < -0.3 is 4.90 Å². The van der Waals surface area contributed by atoms with Crippen molar-refractivity contribution in [3.8, 4) is 0 Å². The lowest BCUT2D eigenvalue weighted by molar-refractivity contribution is -0.132. The molecule has 1 saturated heterocycles. The molecule has 1 amide bonds. The molecular formula is C12H20ClNO. The van der Waals surface area contributed by atoms with Gasteiger partial charge in [-0.2, -0.15) is 0 Å². The Hall–Kier alpha value is -0.240. The van der Waals surface area contributed by atoms with Crippen LogP contribution in [0.3, 0.4) is 0 Å². The van der Waals surface area contributed by atoms with Gasteiger partial charge in [0.1, 0.15) is 0 Å². The quantitative estimate of drug-likeness (QED) is 0.666. The van der Waals surface area contributed by atoms with Gasteiger partial charge in [0.25, 0.3) is 0 Å². The summed E-state index contributed by atoms with van der Waals surface area (Å²) in [6.07, 6.45) is 1.08. The highest BCUT2D eigenvalue weighted by atomic mass is 35.5. The van der Waals surface area contributed by atoms with Crippen molar-refractivity contribution in [2.45, 2.75) is 27.2 Å². The van der Waals surface area contributed by atoms with Crippen LogP contribution in [0, 0.1) is 23.2 Å². The van der Waals surface area contributed by atoms with E-state index in [0.29, 0.717) is 29.5 Å². The minimum Gasteiger partial charge on any atom is -0.342 e. The van der Waals surface area contributed by atoms with E-state index in [0.717, 1.165) is 19.5 Å². The van der Waals surface area contributed by atoms with Crippen molar-refractivity contribution in [3.05, 3.63) is 0 Å². The van der Waals surface area contributed by atoms with Gasteiger partial charge in [-0.15, -0.1) is 11.6 Å². The van der Waals surface area contributed by atoms with Crippen LogP contribution >= 0.6 is 11.6 Å². The zero-order valence-corrected chi connectivity index (χ0v) is 10.5. The zero-order chi connectivity index (χ0) is 11.2. The molecule has 2 fully saturated rings. The molecule has 86 valence electrons. The molecule has 3 heteroatoms. The Kier molecular flexibility index (Phi) is 2.74. The molecule has 1 aliphatic heterocycles. The molecule has 2 rings (SSSR count). The maximum atomic E-state index is 12.1. The van der Waals surface area contributed by atoms with Gasteiger partial charge in [-0.25, -0.2) is 0 Å². The van der Waals surface area contributed by atoms with Crippen LogP contribution in [0.2, 0.25) is 0 Å². The number of hydrogen-bond donors (Lipinski definition) is 0. The van der Waals surface area contributed by atoms with Gasteiger partial charge in [0, 0.05) is 30.3 Å². The van der Waals surface area contributed by atoms with Crippen LogP contribution in [0.4, 0.5) is 0 Å². The average Bonchev–Trinajstić information content (AvgIpc) is 2.84. The summed E-state index contributed by atoms with van der Waals surface area (Å²) in [7, 11) is 0. The maximum absolute atomic E-state index is 12.1.